The molecule has 4 nitrogen and oxygen atoms in total. The van der Waals surface area contributed by atoms with Crippen molar-refractivity contribution < 1.29 is 0 Å². The highest BCUT2D eigenvalue weighted by Gasteiger charge is 2.23. The molecule has 2 unspecified atom stereocenters. The van der Waals surface area contributed by atoms with Gasteiger partial charge in [-0.2, -0.15) is 0 Å². The first-order valence-corrected chi connectivity index (χ1v) is 7.83. The van der Waals surface area contributed by atoms with Crippen LogP contribution in [0.1, 0.15) is 52.1 Å². The molecular formula is C16H28N4. The second kappa shape index (κ2) is 7.02. The fourth-order valence-electron chi connectivity index (χ4n) is 2.87. The topological polar surface area (TPSA) is 41.1 Å². The molecule has 1 aromatic rings. The van der Waals surface area contributed by atoms with Gasteiger partial charge in [0.05, 0.1) is 18.1 Å². The van der Waals surface area contributed by atoms with E-state index < -0.39 is 0 Å². The van der Waals surface area contributed by atoms with Gasteiger partial charge >= 0.3 is 0 Å². The standard InChI is InChI=1S/C16H28N4/c1-12(2)17-9-14-10-19-16(11-18-14)20(4)15-7-5-6-13(3)8-15/h10-13,15,17H,5-9H2,1-4H3. The average molecular weight is 276 g/mol. The van der Waals surface area contributed by atoms with E-state index in [0.29, 0.717) is 12.1 Å². The van der Waals surface area contributed by atoms with Gasteiger partial charge in [0, 0.05) is 25.7 Å². The Kier molecular flexibility index (Phi) is 5.35. The van der Waals surface area contributed by atoms with Crippen molar-refractivity contribution in [3.05, 3.63) is 18.1 Å². The van der Waals surface area contributed by atoms with Gasteiger partial charge in [-0.05, 0) is 18.8 Å². The SMILES string of the molecule is CC1CCCC(N(C)c2cnc(CNC(C)C)cn2)C1. The van der Waals surface area contributed by atoms with E-state index in [1.807, 2.05) is 12.4 Å². The Bertz CT molecular complexity index is 401. The maximum Gasteiger partial charge on any atom is 0.147 e. The fraction of sp³-hybridized carbons (Fsp3) is 0.750. The van der Waals surface area contributed by atoms with E-state index in [-0.39, 0.29) is 0 Å². The van der Waals surface area contributed by atoms with Gasteiger partial charge in [0.25, 0.3) is 0 Å². The quantitative estimate of drug-likeness (QED) is 0.897. The number of nitrogens with zero attached hydrogens (tertiary/aromatic N) is 3. The molecule has 2 rings (SSSR count). The Labute approximate surface area is 123 Å². The molecule has 1 N–H and O–H groups in total. The summed E-state index contributed by atoms with van der Waals surface area (Å²) < 4.78 is 0. The largest absolute Gasteiger partial charge is 0.355 e. The normalized spacial score (nSPS) is 23.1. The lowest BCUT2D eigenvalue weighted by Gasteiger charge is -2.34. The van der Waals surface area contributed by atoms with Crippen molar-refractivity contribution in [3.63, 3.8) is 0 Å². The van der Waals surface area contributed by atoms with Gasteiger partial charge in [-0.25, -0.2) is 4.98 Å². The highest BCUT2D eigenvalue weighted by Crippen LogP contribution is 2.28. The molecule has 1 aliphatic carbocycles. The van der Waals surface area contributed by atoms with Crippen LogP contribution in [0.3, 0.4) is 0 Å². The summed E-state index contributed by atoms with van der Waals surface area (Å²) in [5.74, 6) is 1.83. The molecule has 1 aromatic heterocycles. The molecule has 0 amide bonds. The molecule has 1 aliphatic rings. The molecule has 0 spiro atoms. The summed E-state index contributed by atoms with van der Waals surface area (Å²) in [4.78, 5) is 11.4. The summed E-state index contributed by atoms with van der Waals surface area (Å²) in [7, 11) is 2.15. The summed E-state index contributed by atoms with van der Waals surface area (Å²) in [5, 5.41) is 3.36. The number of hydrogen-bond acceptors (Lipinski definition) is 4. The Balaban J connectivity index is 1.94. The molecular weight excluding hydrogens is 248 g/mol. The van der Waals surface area contributed by atoms with Gasteiger partial charge in [0.2, 0.25) is 0 Å². The monoisotopic (exact) mass is 276 g/mol. The van der Waals surface area contributed by atoms with Crippen LogP contribution in [-0.4, -0.2) is 29.1 Å². The number of rotatable bonds is 5. The summed E-state index contributed by atoms with van der Waals surface area (Å²) in [6, 6.07) is 1.09. The van der Waals surface area contributed by atoms with Gasteiger partial charge < -0.3 is 10.2 Å². The van der Waals surface area contributed by atoms with Crippen LogP contribution in [0.4, 0.5) is 5.82 Å². The zero-order chi connectivity index (χ0) is 14.5. The Morgan fingerprint density at radius 3 is 2.70 bits per heavy atom. The first kappa shape index (κ1) is 15.2. The lowest BCUT2D eigenvalue weighted by molar-refractivity contribution is 0.335. The Morgan fingerprint density at radius 2 is 2.10 bits per heavy atom. The van der Waals surface area contributed by atoms with Crippen molar-refractivity contribution in [3.8, 4) is 0 Å². The van der Waals surface area contributed by atoms with Crippen LogP contribution in [0.15, 0.2) is 12.4 Å². The lowest BCUT2D eigenvalue weighted by atomic mass is 9.86. The summed E-state index contributed by atoms with van der Waals surface area (Å²) in [6.45, 7) is 7.42. The summed E-state index contributed by atoms with van der Waals surface area (Å²) in [5.41, 5.74) is 1.01. The molecule has 1 saturated carbocycles. The number of nitrogens with one attached hydrogen (secondary N) is 1. The highest BCUT2D eigenvalue weighted by molar-refractivity contribution is 5.36. The smallest absolute Gasteiger partial charge is 0.147 e. The summed E-state index contributed by atoms with van der Waals surface area (Å²) in [6.07, 6.45) is 9.06. The minimum Gasteiger partial charge on any atom is -0.355 e. The van der Waals surface area contributed by atoms with Gasteiger partial charge in [0.15, 0.2) is 0 Å². The third-order valence-electron chi connectivity index (χ3n) is 4.20. The average Bonchev–Trinajstić information content (AvgIpc) is 2.45. The van der Waals surface area contributed by atoms with Crippen molar-refractivity contribution in [2.45, 2.75) is 65.1 Å². The molecule has 20 heavy (non-hydrogen) atoms. The van der Waals surface area contributed by atoms with Gasteiger partial charge in [-0.15, -0.1) is 0 Å². The van der Waals surface area contributed by atoms with E-state index in [2.05, 4.69) is 48.0 Å². The van der Waals surface area contributed by atoms with Crippen LogP contribution in [0.25, 0.3) is 0 Å². The van der Waals surface area contributed by atoms with Crippen molar-refractivity contribution in [2.24, 2.45) is 5.92 Å². The van der Waals surface area contributed by atoms with E-state index >= 15 is 0 Å². The van der Waals surface area contributed by atoms with Gasteiger partial charge in [-0.1, -0.05) is 33.6 Å². The Hall–Kier alpha value is -1.16. The number of anilines is 1. The molecule has 4 heteroatoms. The van der Waals surface area contributed by atoms with Crippen LogP contribution in [0.5, 0.6) is 0 Å². The molecule has 0 bridgehead atoms. The van der Waals surface area contributed by atoms with E-state index in [1.54, 1.807) is 0 Å². The third-order valence-corrected chi connectivity index (χ3v) is 4.20. The second-order valence-corrected chi connectivity index (χ2v) is 6.44. The maximum atomic E-state index is 4.58. The predicted molar refractivity (Wildman–Crippen MR) is 83.8 cm³/mol. The second-order valence-electron chi connectivity index (χ2n) is 6.44. The van der Waals surface area contributed by atoms with Crippen LogP contribution in [-0.2, 0) is 6.54 Å². The van der Waals surface area contributed by atoms with E-state index in [9.17, 15) is 0 Å². The molecule has 1 fully saturated rings. The molecule has 112 valence electrons. The zero-order valence-corrected chi connectivity index (χ0v) is 13.3. The third kappa shape index (κ3) is 4.17. The molecule has 1 heterocycles. The first-order valence-electron chi connectivity index (χ1n) is 7.83. The number of hydrogen-bond donors (Lipinski definition) is 1. The molecule has 2 atom stereocenters. The van der Waals surface area contributed by atoms with E-state index in [0.717, 1.165) is 24.0 Å². The van der Waals surface area contributed by atoms with Gasteiger partial charge in [0.1, 0.15) is 5.82 Å². The minimum atomic E-state index is 0.475. The van der Waals surface area contributed by atoms with Crippen LogP contribution in [0.2, 0.25) is 0 Å². The number of aromatic nitrogens is 2. The molecule has 0 aliphatic heterocycles. The van der Waals surface area contributed by atoms with E-state index in [1.165, 1.54) is 25.7 Å². The maximum absolute atomic E-state index is 4.58. The molecule has 0 aromatic carbocycles. The van der Waals surface area contributed by atoms with E-state index in [4.69, 9.17) is 0 Å². The van der Waals surface area contributed by atoms with Crippen molar-refractivity contribution in [1.82, 2.24) is 15.3 Å². The predicted octanol–water partition coefficient (Wildman–Crippen LogP) is 2.99. The molecule has 0 radical (unpaired) electrons. The lowest BCUT2D eigenvalue weighted by Crippen LogP contribution is -2.36. The molecule has 0 saturated heterocycles. The minimum absolute atomic E-state index is 0.475. The zero-order valence-electron chi connectivity index (χ0n) is 13.3. The highest BCUT2D eigenvalue weighted by atomic mass is 15.2. The van der Waals surface area contributed by atoms with Crippen LogP contribution >= 0.6 is 0 Å². The van der Waals surface area contributed by atoms with Crippen molar-refractivity contribution in [1.29, 1.82) is 0 Å². The summed E-state index contributed by atoms with van der Waals surface area (Å²) >= 11 is 0. The fourth-order valence-corrected chi connectivity index (χ4v) is 2.87. The Morgan fingerprint density at radius 1 is 1.30 bits per heavy atom. The van der Waals surface area contributed by atoms with Crippen molar-refractivity contribution in [2.75, 3.05) is 11.9 Å². The van der Waals surface area contributed by atoms with Crippen LogP contribution in [0, 0.1) is 5.92 Å². The van der Waals surface area contributed by atoms with Gasteiger partial charge in [-0.3, -0.25) is 4.98 Å². The first-order chi connectivity index (χ1) is 9.56. The van der Waals surface area contributed by atoms with Crippen molar-refractivity contribution >= 4 is 5.82 Å². The van der Waals surface area contributed by atoms with Crippen LogP contribution < -0.4 is 10.2 Å².